The van der Waals surface area contributed by atoms with Crippen LogP contribution in [-0.4, -0.2) is 32.3 Å². The Bertz CT molecular complexity index is 1180. The highest BCUT2D eigenvalue weighted by Gasteiger charge is 2.25. The Labute approximate surface area is 188 Å². The van der Waals surface area contributed by atoms with Crippen molar-refractivity contribution in [3.63, 3.8) is 0 Å². The first-order chi connectivity index (χ1) is 15.3. The van der Waals surface area contributed by atoms with Crippen molar-refractivity contribution in [1.82, 2.24) is 19.2 Å². The second-order valence-electron chi connectivity index (χ2n) is 8.15. The lowest BCUT2D eigenvalue weighted by molar-refractivity contribution is 0.249. The number of aromatic nitrogens is 3. The minimum atomic E-state index is 0.579. The van der Waals surface area contributed by atoms with Crippen LogP contribution in [-0.2, 0) is 13.1 Å². The van der Waals surface area contributed by atoms with Crippen LogP contribution in [0, 0.1) is 4.77 Å². The average molecular weight is 427 g/mol. The molecule has 1 saturated heterocycles. The molecule has 1 aromatic heterocycles. The third-order valence-electron chi connectivity index (χ3n) is 6.00. The summed E-state index contributed by atoms with van der Waals surface area (Å²) in [6.07, 6.45) is 1.92. The zero-order valence-corrected chi connectivity index (χ0v) is 18.3. The van der Waals surface area contributed by atoms with E-state index in [1.807, 2.05) is 28.9 Å². The lowest BCUT2D eigenvalue weighted by Gasteiger charge is -2.16. The Morgan fingerprint density at radius 2 is 1.48 bits per heavy atom. The number of para-hydroxylation sites is 1. The minimum absolute atomic E-state index is 0.579. The molecule has 156 valence electrons. The normalized spacial score (nSPS) is 16.6. The van der Waals surface area contributed by atoms with Gasteiger partial charge in [0.25, 0.3) is 0 Å². The molecule has 0 saturated carbocycles. The summed E-state index contributed by atoms with van der Waals surface area (Å²) in [5.74, 6) is 1.55. The van der Waals surface area contributed by atoms with Crippen molar-refractivity contribution >= 4 is 12.2 Å². The van der Waals surface area contributed by atoms with Gasteiger partial charge >= 0.3 is 0 Å². The van der Waals surface area contributed by atoms with Crippen molar-refractivity contribution in [3.8, 4) is 5.69 Å². The smallest absolute Gasteiger partial charge is 0.203 e. The maximum atomic E-state index is 5.91. The number of hydrogen-bond donors (Lipinski definition) is 0. The quantitative estimate of drug-likeness (QED) is 0.384. The van der Waals surface area contributed by atoms with Crippen molar-refractivity contribution in [1.29, 1.82) is 0 Å². The van der Waals surface area contributed by atoms with E-state index in [9.17, 15) is 0 Å². The van der Waals surface area contributed by atoms with Crippen LogP contribution in [0.3, 0.4) is 0 Å². The van der Waals surface area contributed by atoms with Crippen LogP contribution >= 0.6 is 12.2 Å². The molecular formula is C26H26N4S. The molecule has 2 heterocycles. The summed E-state index contributed by atoms with van der Waals surface area (Å²) in [6, 6.07) is 31.6. The van der Waals surface area contributed by atoms with Crippen LogP contribution in [0.4, 0.5) is 0 Å². The fraction of sp³-hybridized carbons (Fsp3) is 0.231. The van der Waals surface area contributed by atoms with Crippen LogP contribution in [0.15, 0.2) is 91.0 Å². The van der Waals surface area contributed by atoms with Gasteiger partial charge in [0, 0.05) is 25.2 Å². The summed E-state index contributed by atoms with van der Waals surface area (Å²) >= 11 is 5.91. The lowest BCUT2D eigenvalue weighted by atomic mass is 9.99. The molecule has 3 aromatic carbocycles. The van der Waals surface area contributed by atoms with Gasteiger partial charge in [-0.05, 0) is 47.8 Å². The molecule has 5 rings (SSSR count). The molecule has 0 N–H and O–H groups in total. The third kappa shape index (κ3) is 4.38. The molecule has 0 amide bonds. The first kappa shape index (κ1) is 19.9. The SMILES string of the molecule is S=c1n(CN2CC[C@@H](c3ccccc3)C2)nc(Cc2ccccc2)n1-c1ccccc1. The fourth-order valence-corrected chi connectivity index (χ4v) is 4.73. The maximum absolute atomic E-state index is 5.91. The number of nitrogens with zero attached hydrogens (tertiary/aromatic N) is 4. The highest BCUT2D eigenvalue weighted by atomic mass is 32.1. The van der Waals surface area contributed by atoms with E-state index in [1.54, 1.807) is 0 Å². The van der Waals surface area contributed by atoms with Gasteiger partial charge in [0.1, 0.15) is 5.82 Å². The molecule has 1 aliphatic rings. The molecule has 1 fully saturated rings. The highest BCUT2D eigenvalue weighted by molar-refractivity contribution is 7.71. The van der Waals surface area contributed by atoms with E-state index >= 15 is 0 Å². The number of benzene rings is 3. The molecule has 0 radical (unpaired) electrons. The van der Waals surface area contributed by atoms with Crippen molar-refractivity contribution in [2.75, 3.05) is 13.1 Å². The van der Waals surface area contributed by atoms with Gasteiger partial charge in [0.05, 0.1) is 6.67 Å². The zero-order valence-electron chi connectivity index (χ0n) is 17.5. The van der Waals surface area contributed by atoms with Crippen molar-refractivity contribution < 1.29 is 0 Å². The van der Waals surface area contributed by atoms with Gasteiger partial charge in [0.15, 0.2) is 0 Å². The molecule has 31 heavy (non-hydrogen) atoms. The molecular weight excluding hydrogens is 400 g/mol. The van der Waals surface area contributed by atoms with Crippen molar-refractivity contribution in [2.45, 2.75) is 25.4 Å². The Balaban J connectivity index is 1.42. The average Bonchev–Trinajstić information content (AvgIpc) is 3.40. The van der Waals surface area contributed by atoms with Gasteiger partial charge in [-0.2, -0.15) is 5.10 Å². The zero-order chi connectivity index (χ0) is 21.0. The summed E-state index contributed by atoms with van der Waals surface area (Å²) in [5, 5.41) is 4.98. The summed E-state index contributed by atoms with van der Waals surface area (Å²) in [6.45, 7) is 2.83. The molecule has 4 aromatic rings. The molecule has 0 unspecified atom stereocenters. The molecule has 0 spiro atoms. The van der Waals surface area contributed by atoms with E-state index in [2.05, 4.69) is 76.2 Å². The lowest BCUT2D eigenvalue weighted by Crippen LogP contribution is -2.24. The van der Waals surface area contributed by atoms with Crippen LogP contribution in [0.5, 0.6) is 0 Å². The van der Waals surface area contributed by atoms with E-state index in [-0.39, 0.29) is 0 Å². The number of hydrogen-bond acceptors (Lipinski definition) is 3. The summed E-state index contributed by atoms with van der Waals surface area (Å²) in [5.41, 5.74) is 3.72. The molecule has 4 nitrogen and oxygen atoms in total. The predicted octanol–water partition coefficient (Wildman–Crippen LogP) is 5.44. The minimum Gasteiger partial charge on any atom is -0.284 e. The van der Waals surface area contributed by atoms with Crippen LogP contribution in [0.2, 0.25) is 0 Å². The molecule has 5 heteroatoms. The number of rotatable bonds is 6. The Morgan fingerprint density at radius 3 is 2.19 bits per heavy atom. The fourth-order valence-electron chi connectivity index (χ4n) is 4.42. The molecule has 1 atom stereocenters. The largest absolute Gasteiger partial charge is 0.284 e. The summed E-state index contributed by atoms with van der Waals surface area (Å²) in [7, 11) is 0. The Morgan fingerprint density at radius 1 is 0.839 bits per heavy atom. The van der Waals surface area contributed by atoms with E-state index in [4.69, 9.17) is 17.3 Å². The van der Waals surface area contributed by atoms with Gasteiger partial charge in [-0.15, -0.1) is 0 Å². The molecule has 0 bridgehead atoms. The van der Waals surface area contributed by atoms with Gasteiger partial charge in [-0.1, -0.05) is 78.9 Å². The van der Waals surface area contributed by atoms with Gasteiger partial charge in [0.2, 0.25) is 4.77 Å². The Hall–Kier alpha value is -3.02. The Kier molecular flexibility index (Phi) is 5.78. The third-order valence-corrected chi connectivity index (χ3v) is 6.40. The van der Waals surface area contributed by atoms with Crippen molar-refractivity contribution in [2.24, 2.45) is 0 Å². The monoisotopic (exact) mass is 426 g/mol. The second-order valence-corrected chi connectivity index (χ2v) is 8.51. The molecule has 0 aliphatic carbocycles. The van der Waals surface area contributed by atoms with Crippen molar-refractivity contribution in [3.05, 3.63) is 113 Å². The summed E-state index contributed by atoms with van der Waals surface area (Å²) in [4.78, 5) is 2.46. The van der Waals surface area contributed by atoms with Gasteiger partial charge in [-0.3, -0.25) is 9.47 Å². The molecule has 1 aliphatic heterocycles. The van der Waals surface area contributed by atoms with E-state index < -0.39 is 0 Å². The second kappa shape index (κ2) is 9.00. The van der Waals surface area contributed by atoms with Crippen LogP contribution in [0.25, 0.3) is 5.69 Å². The van der Waals surface area contributed by atoms with Gasteiger partial charge in [-0.25, -0.2) is 4.68 Å². The standard InChI is InChI=1S/C26H26N4S/c31-26-29(20-28-17-16-23(19-28)22-12-6-2-7-13-22)27-25(18-21-10-4-1-5-11-21)30(26)24-14-8-3-9-15-24/h1-15,23H,16-20H2/t23-/m1/s1. The number of likely N-dealkylation sites (tertiary alicyclic amines) is 1. The van der Waals surface area contributed by atoms with Gasteiger partial charge < -0.3 is 0 Å². The highest BCUT2D eigenvalue weighted by Crippen LogP contribution is 2.27. The van der Waals surface area contributed by atoms with E-state index in [0.29, 0.717) is 5.92 Å². The van der Waals surface area contributed by atoms with Crippen LogP contribution in [0.1, 0.15) is 29.3 Å². The van der Waals surface area contributed by atoms with E-state index in [0.717, 1.165) is 42.5 Å². The first-order valence-corrected chi connectivity index (χ1v) is 11.2. The van der Waals surface area contributed by atoms with Crippen LogP contribution < -0.4 is 0 Å². The predicted molar refractivity (Wildman–Crippen MR) is 127 cm³/mol. The first-order valence-electron chi connectivity index (χ1n) is 10.8. The maximum Gasteiger partial charge on any atom is 0.203 e. The van der Waals surface area contributed by atoms with E-state index in [1.165, 1.54) is 17.5 Å². The summed E-state index contributed by atoms with van der Waals surface area (Å²) < 4.78 is 4.86. The topological polar surface area (TPSA) is 26.0 Å².